The highest BCUT2D eigenvalue weighted by Crippen LogP contribution is 2.18. The molecule has 1 fully saturated rings. The number of carbonyl (C=O) groups is 2. The Morgan fingerprint density at radius 1 is 1.07 bits per heavy atom. The van der Waals surface area contributed by atoms with Gasteiger partial charge >= 0.3 is 6.03 Å². The monoisotopic (exact) mass is 426 g/mol. The number of ether oxygens (including phenoxy) is 1. The molecule has 3 amide bonds. The second kappa shape index (κ2) is 10.5. The minimum atomic E-state index is -0.176. The average molecular weight is 427 g/mol. The average Bonchev–Trinajstić information content (AvgIpc) is 3.03. The van der Waals surface area contributed by atoms with Crippen LogP contribution < -0.4 is 10.1 Å². The Labute approximate surface area is 180 Å². The fourth-order valence-corrected chi connectivity index (χ4v) is 3.50. The third kappa shape index (κ3) is 5.65. The Kier molecular flexibility index (Phi) is 7.52. The van der Waals surface area contributed by atoms with Crippen LogP contribution in [0.2, 0.25) is 5.02 Å². The minimum absolute atomic E-state index is 0.0208. The van der Waals surface area contributed by atoms with Crippen LogP contribution in [0.1, 0.15) is 22.3 Å². The van der Waals surface area contributed by atoms with Gasteiger partial charge in [-0.3, -0.25) is 4.79 Å². The summed E-state index contributed by atoms with van der Waals surface area (Å²) >= 11 is 6.15. The molecule has 3 rings (SSSR count). The van der Waals surface area contributed by atoms with E-state index < -0.39 is 0 Å². The van der Waals surface area contributed by atoms with Crippen LogP contribution in [0, 0.1) is 11.3 Å². The van der Waals surface area contributed by atoms with E-state index in [-0.39, 0.29) is 18.5 Å². The molecule has 2 aromatic carbocycles. The molecule has 0 spiro atoms. The lowest BCUT2D eigenvalue weighted by Crippen LogP contribution is -2.42. The number of nitrogens with zero attached hydrogens (tertiary/aromatic N) is 3. The van der Waals surface area contributed by atoms with Crippen molar-refractivity contribution in [2.45, 2.75) is 13.0 Å². The van der Waals surface area contributed by atoms with Gasteiger partial charge in [0.15, 0.2) is 6.61 Å². The summed E-state index contributed by atoms with van der Waals surface area (Å²) in [4.78, 5) is 28.8. The van der Waals surface area contributed by atoms with Crippen molar-refractivity contribution in [3.63, 3.8) is 0 Å². The summed E-state index contributed by atoms with van der Waals surface area (Å²) in [6.45, 7) is 2.38. The van der Waals surface area contributed by atoms with E-state index in [2.05, 4.69) is 5.32 Å². The molecule has 30 heavy (non-hydrogen) atoms. The number of halogens is 1. The second-order valence-electron chi connectivity index (χ2n) is 6.87. The van der Waals surface area contributed by atoms with Gasteiger partial charge in [0.05, 0.1) is 10.6 Å². The van der Waals surface area contributed by atoms with Crippen molar-refractivity contribution in [1.29, 1.82) is 5.26 Å². The molecule has 8 heteroatoms. The Bertz CT molecular complexity index is 944. The van der Waals surface area contributed by atoms with Gasteiger partial charge in [0, 0.05) is 32.7 Å². The Morgan fingerprint density at radius 3 is 2.63 bits per heavy atom. The first kappa shape index (κ1) is 21.5. The highest BCUT2D eigenvalue weighted by atomic mass is 35.5. The smallest absolute Gasteiger partial charge is 0.317 e. The Morgan fingerprint density at radius 2 is 1.83 bits per heavy atom. The van der Waals surface area contributed by atoms with Crippen LogP contribution in [0.3, 0.4) is 0 Å². The third-order valence-corrected chi connectivity index (χ3v) is 5.15. The summed E-state index contributed by atoms with van der Waals surface area (Å²) in [5.41, 5.74) is 1.36. The molecule has 1 aliphatic heterocycles. The van der Waals surface area contributed by atoms with Gasteiger partial charge in [-0.25, -0.2) is 4.79 Å². The molecule has 0 saturated carbocycles. The first-order chi connectivity index (χ1) is 14.6. The van der Waals surface area contributed by atoms with Crippen LogP contribution in [-0.2, 0) is 6.54 Å². The molecule has 7 nitrogen and oxygen atoms in total. The van der Waals surface area contributed by atoms with Crippen LogP contribution in [-0.4, -0.2) is 54.5 Å². The summed E-state index contributed by atoms with van der Waals surface area (Å²) in [6, 6.07) is 16.0. The number of hydrogen-bond acceptors (Lipinski definition) is 4. The van der Waals surface area contributed by atoms with Crippen LogP contribution in [0.4, 0.5) is 4.79 Å². The molecule has 0 atom stereocenters. The molecular weight excluding hydrogens is 404 g/mol. The lowest BCUT2D eigenvalue weighted by Gasteiger charge is -2.23. The van der Waals surface area contributed by atoms with Crippen molar-refractivity contribution in [3.8, 4) is 11.8 Å². The molecule has 156 valence electrons. The highest BCUT2D eigenvalue weighted by molar-refractivity contribution is 6.33. The van der Waals surface area contributed by atoms with Gasteiger partial charge in [0.25, 0.3) is 5.91 Å². The van der Waals surface area contributed by atoms with E-state index in [0.29, 0.717) is 55.5 Å². The second-order valence-corrected chi connectivity index (χ2v) is 7.27. The van der Waals surface area contributed by atoms with Gasteiger partial charge in [-0.15, -0.1) is 0 Å². The zero-order valence-electron chi connectivity index (χ0n) is 16.5. The fraction of sp³-hybridized carbons (Fsp3) is 0.318. The molecule has 2 aromatic rings. The topological polar surface area (TPSA) is 85.7 Å². The Hall–Kier alpha value is -3.24. The van der Waals surface area contributed by atoms with Crippen LogP contribution in [0.5, 0.6) is 5.75 Å². The molecule has 1 heterocycles. The number of nitriles is 1. The van der Waals surface area contributed by atoms with E-state index in [1.165, 1.54) is 0 Å². The van der Waals surface area contributed by atoms with Gasteiger partial charge in [-0.2, -0.15) is 5.26 Å². The number of hydrogen-bond donors (Lipinski definition) is 1. The van der Waals surface area contributed by atoms with Crippen molar-refractivity contribution in [2.75, 3.05) is 32.8 Å². The van der Waals surface area contributed by atoms with Gasteiger partial charge in [-0.1, -0.05) is 35.9 Å². The van der Waals surface area contributed by atoms with Crippen LogP contribution in [0.25, 0.3) is 0 Å². The quantitative estimate of drug-likeness (QED) is 0.794. The maximum absolute atomic E-state index is 12.8. The predicted octanol–water partition coefficient (Wildman–Crippen LogP) is 3.30. The van der Waals surface area contributed by atoms with Crippen LogP contribution >= 0.6 is 11.6 Å². The van der Waals surface area contributed by atoms with E-state index >= 15 is 0 Å². The summed E-state index contributed by atoms with van der Waals surface area (Å²) in [5, 5.41) is 11.9. The standard InChI is InChI=1S/C22H23ClN4O3/c23-20-8-2-1-7-19(20)21(28)26-10-4-11-27(13-12-26)22(29)25-16-17-5-3-6-18(15-17)30-14-9-24/h1-3,5-8,15H,4,10-14,16H2,(H,25,29). The summed E-state index contributed by atoms with van der Waals surface area (Å²) in [5.74, 6) is 0.476. The maximum Gasteiger partial charge on any atom is 0.317 e. The Balaban J connectivity index is 1.53. The van der Waals surface area contributed by atoms with E-state index in [9.17, 15) is 9.59 Å². The van der Waals surface area contributed by atoms with Crippen molar-refractivity contribution < 1.29 is 14.3 Å². The third-order valence-electron chi connectivity index (χ3n) is 4.82. The number of rotatable bonds is 5. The number of carbonyl (C=O) groups excluding carboxylic acids is 2. The fourth-order valence-electron chi connectivity index (χ4n) is 3.28. The van der Waals surface area contributed by atoms with E-state index in [0.717, 1.165) is 5.56 Å². The molecule has 0 unspecified atom stereocenters. The van der Waals surface area contributed by atoms with Gasteiger partial charge < -0.3 is 19.9 Å². The molecule has 1 aliphatic rings. The molecule has 0 radical (unpaired) electrons. The molecule has 1 N–H and O–H groups in total. The first-order valence-electron chi connectivity index (χ1n) is 9.74. The SMILES string of the molecule is N#CCOc1cccc(CNC(=O)N2CCCN(C(=O)c3ccccc3Cl)CC2)c1. The molecular formula is C22H23ClN4O3. The molecule has 0 bridgehead atoms. The first-order valence-corrected chi connectivity index (χ1v) is 10.1. The van der Waals surface area contributed by atoms with Gasteiger partial charge in [0.2, 0.25) is 0 Å². The molecule has 0 aromatic heterocycles. The minimum Gasteiger partial charge on any atom is -0.479 e. The number of amides is 3. The number of urea groups is 1. The van der Waals surface area contributed by atoms with Crippen molar-refractivity contribution in [2.24, 2.45) is 0 Å². The van der Waals surface area contributed by atoms with E-state index in [4.69, 9.17) is 21.6 Å². The molecule has 0 aliphatic carbocycles. The predicted molar refractivity (Wildman–Crippen MR) is 113 cm³/mol. The number of benzene rings is 2. The highest BCUT2D eigenvalue weighted by Gasteiger charge is 2.23. The number of nitrogens with one attached hydrogen (secondary N) is 1. The van der Waals surface area contributed by atoms with Crippen molar-refractivity contribution in [1.82, 2.24) is 15.1 Å². The van der Waals surface area contributed by atoms with Crippen molar-refractivity contribution >= 4 is 23.5 Å². The summed E-state index contributed by atoms with van der Waals surface area (Å²) in [6.07, 6.45) is 0.696. The normalized spacial score (nSPS) is 13.9. The maximum atomic E-state index is 12.8. The summed E-state index contributed by atoms with van der Waals surface area (Å²) in [7, 11) is 0. The lowest BCUT2D eigenvalue weighted by molar-refractivity contribution is 0.0762. The summed E-state index contributed by atoms with van der Waals surface area (Å²) < 4.78 is 5.28. The van der Waals surface area contributed by atoms with Gasteiger partial charge in [-0.05, 0) is 36.2 Å². The largest absolute Gasteiger partial charge is 0.479 e. The van der Waals surface area contributed by atoms with Gasteiger partial charge in [0.1, 0.15) is 11.8 Å². The van der Waals surface area contributed by atoms with Crippen molar-refractivity contribution in [3.05, 3.63) is 64.7 Å². The van der Waals surface area contributed by atoms with E-state index in [1.807, 2.05) is 18.2 Å². The van der Waals surface area contributed by atoms with E-state index in [1.54, 1.807) is 46.2 Å². The zero-order valence-corrected chi connectivity index (χ0v) is 17.3. The zero-order chi connectivity index (χ0) is 21.3. The lowest BCUT2D eigenvalue weighted by atomic mass is 10.2. The molecule has 1 saturated heterocycles. The van der Waals surface area contributed by atoms with Crippen LogP contribution in [0.15, 0.2) is 48.5 Å².